The van der Waals surface area contributed by atoms with Crippen LogP contribution < -0.4 is 10.9 Å². The highest BCUT2D eigenvalue weighted by Crippen LogP contribution is 2.51. The van der Waals surface area contributed by atoms with Crippen molar-refractivity contribution in [3.05, 3.63) is 0 Å². The molecule has 2 bridgehead atoms. The van der Waals surface area contributed by atoms with Gasteiger partial charge in [-0.3, -0.25) is 10.9 Å². The van der Waals surface area contributed by atoms with Crippen molar-refractivity contribution in [3.63, 3.8) is 0 Å². The number of hydrazine groups is 1. The number of hydrogen-bond donors (Lipinski definition) is 2. The highest BCUT2D eigenvalue weighted by atomic mass is 15.4. The first kappa shape index (κ1) is 11.0. The normalized spacial score (nSPS) is 46.3. The van der Waals surface area contributed by atoms with Crippen LogP contribution in [0.1, 0.15) is 52.4 Å². The Bertz CT molecular complexity index is 251. The van der Waals surface area contributed by atoms with Gasteiger partial charge in [-0.05, 0) is 62.2 Å². The van der Waals surface area contributed by atoms with Gasteiger partial charge in [-0.1, -0.05) is 13.8 Å². The molecule has 3 aliphatic rings. The summed E-state index contributed by atoms with van der Waals surface area (Å²) in [7, 11) is 0. The van der Waals surface area contributed by atoms with E-state index in [1.165, 1.54) is 38.5 Å². The van der Waals surface area contributed by atoms with Crippen molar-refractivity contribution < 1.29 is 0 Å². The van der Waals surface area contributed by atoms with Crippen molar-refractivity contribution in [2.75, 3.05) is 0 Å². The summed E-state index contributed by atoms with van der Waals surface area (Å²) in [6.45, 7) is 4.66. The maximum atomic E-state index is 3.64. The Morgan fingerprint density at radius 2 is 1.88 bits per heavy atom. The van der Waals surface area contributed by atoms with Crippen LogP contribution in [0.3, 0.4) is 0 Å². The van der Waals surface area contributed by atoms with Crippen molar-refractivity contribution in [1.82, 2.24) is 10.9 Å². The Morgan fingerprint density at radius 1 is 1.06 bits per heavy atom. The molecule has 5 unspecified atom stereocenters. The lowest BCUT2D eigenvalue weighted by Crippen LogP contribution is -2.57. The maximum absolute atomic E-state index is 3.64. The van der Waals surface area contributed by atoms with E-state index in [-0.39, 0.29) is 0 Å². The molecule has 92 valence electrons. The summed E-state index contributed by atoms with van der Waals surface area (Å²) in [4.78, 5) is 0. The van der Waals surface area contributed by atoms with Crippen LogP contribution in [-0.4, -0.2) is 12.1 Å². The number of hydrogen-bond acceptors (Lipinski definition) is 2. The second kappa shape index (κ2) is 4.30. The van der Waals surface area contributed by atoms with Gasteiger partial charge in [-0.25, -0.2) is 0 Å². The molecule has 2 N–H and O–H groups in total. The molecule has 2 nitrogen and oxygen atoms in total. The van der Waals surface area contributed by atoms with Crippen molar-refractivity contribution >= 4 is 0 Å². The van der Waals surface area contributed by atoms with E-state index in [4.69, 9.17) is 0 Å². The summed E-state index contributed by atoms with van der Waals surface area (Å²) in [5.74, 6) is 3.90. The molecule has 0 amide bonds. The molecular weight excluding hydrogens is 196 g/mol. The fourth-order valence-corrected chi connectivity index (χ4v) is 4.30. The van der Waals surface area contributed by atoms with Crippen molar-refractivity contribution in [3.8, 4) is 0 Å². The minimum atomic E-state index is 0.739. The van der Waals surface area contributed by atoms with E-state index in [0.717, 1.165) is 35.8 Å². The summed E-state index contributed by atoms with van der Waals surface area (Å²) in [6, 6.07) is 1.55. The van der Waals surface area contributed by atoms with Crippen LogP contribution in [0.5, 0.6) is 0 Å². The van der Waals surface area contributed by atoms with E-state index >= 15 is 0 Å². The molecule has 1 saturated heterocycles. The molecule has 5 atom stereocenters. The van der Waals surface area contributed by atoms with E-state index in [2.05, 4.69) is 24.7 Å². The third kappa shape index (κ3) is 1.91. The van der Waals surface area contributed by atoms with Gasteiger partial charge in [-0.2, -0.15) is 0 Å². The molecule has 3 rings (SSSR count). The topological polar surface area (TPSA) is 24.1 Å². The zero-order valence-corrected chi connectivity index (χ0v) is 10.7. The lowest BCUT2D eigenvalue weighted by molar-refractivity contribution is 0.132. The Labute approximate surface area is 99.5 Å². The third-order valence-electron chi connectivity index (χ3n) is 5.19. The van der Waals surface area contributed by atoms with Crippen LogP contribution >= 0.6 is 0 Å². The molecule has 0 aromatic rings. The van der Waals surface area contributed by atoms with Crippen LogP contribution in [0.15, 0.2) is 0 Å². The average molecular weight is 222 g/mol. The molecule has 2 heteroatoms. The van der Waals surface area contributed by atoms with E-state index in [0.29, 0.717) is 0 Å². The minimum Gasteiger partial charge on any atom is -0.254 e. The van der Waals surface area contributed by atoms with Crippen LogP contribution in [0.25, 0.3) is 0 Å². The molecule has 0 radical (unpaired) electrons. The smallest absolute Gasteiger partial charge is 0.0272 e. The van der Waals surface area contributed by atoms with E-state index in [1.807, 2.05) is 0 Å². The molecule has 3 fully saturated rings. The maximum Gasteiger partial charge on any atom is 0.0272 e. The predicted molar refractivity (Wildman–Crippen MR) is 66.9 cm³/mol. The van der Waals surface area contributed by atoms with Crippen molar-refractivity contribution in [2.24, 2.45) is 23.7 Å². The molecular formula is C14H26N2. The number of rotatable bonds is 3. The third-order valence-corrected chi connectivity index (χ3v) is 5.19. The lowest BCUT2D eigenvalue weighted by atomic mass is 9.78. The molecule has 0 aromatic carbocycles. The first-order chi connectivity index (χ1) is 7.74. The Morgan fingerprint density at radius 3 is 2.69 bits per heavy atom. The first-order valence-electron chi connectivity index (χ1n) is 7.25. The molecule has 16 heavy (non-hydrogen) atoms. The van der Waals surface area contributed by atoms with Crippen molar-refractivity contribution in [2.45, 2.75) is 64.5 Å². The van der Waals surface area contributed by atoms with Gasteiger partial charge < -0.3 is 0 Å². The van der Waals surface area contributed by atoms with Crippen LogP contribution in [0.4, 0.5) is 0 Å². The highest BCUT2D eigenvalue weighted by Gasteiger charge is 2.49. The fraction of sp³-hybridized carbons (Fsp3) is 1.00. The summed E-state index contributed by atoms with van der Waals surface area (Å²) >= 11 is 0. The second-order valence-electron chi connectivity index (χ2n) is 6.72. The largest absolute Gasteiger partial charge is 0.254 e. The Balaban J connectivity index is 1.55. The highest BCUT2D eigenvalue weighted by molar-refractivity contribution is 5.03. The number of nitrogens with one attached hydrogen (secondary N) is 2. The average Bonchev–Trinajstić information content (AvgIpc) is 2.87. The predicted octanol–water partition coefficient (Wildman–Crippen LogP) is 2.70. The van der Waals surface area contributed by atoms with Gasteiger partial charge in [0.15, 0.2) is 0 Å². The summed E-state index contributed by atoms with van der Waals surface area (Å²) in [6.07, 6.45) is 8.67. The second-order valence-corrected chi connectivity index (χ2v) is 6.72. The zero-order valence-electron chi connectivity index (χ0n) is 10.7. The van der Waals surface area contributed by atoms with Gasteiger partial charge in [-0.15, -0.1) is 0 Å². The molecule has 0 spiro atoms. The summed E-state index contributed by atoms with van der Waals surface area (Å²) < 4.78 is 0. The quantitative estimate of drug-likeness (QED) is 0.767. The Kier molecular flexibility index (Phi) is 2.97. The molecule has 1 heterocycles. The molecule has 0 aromatic heterocycles. The van der Waals surface area contributed by atoms with Gasteiger partial charge in [0.05, 0.1) is 0 Å². The van der Waals surface area contributed by atoms with Gasteiger partial charge in [0.25, 0.3) is 0 Å². The summed E-state index contributed by atoms with van der Waals surface area (Å²) in [5.41, 5.74) is 7.22. The van der Waals surface area contributed by atoms with Gasteiger partial charge >= 0.3 is 0 Å². The minimum absolute atomic E-state index is 0.739. The number of fused-ring (bicyclic) bond motifs is 5. The first-order valence-corrected chi connectivity index (χ1v) is 7.25. The lowest BCUT2D eigenvalue weighted by Gasteiger charge is -2.40. The molecule has 1 aliphatic heterocycles. The van der Waals surface area contributed by atoms with Crippen LogP contribution in [0, 0.1) is 23.7 Å². The SMILES string of the molecule is CC(C)CCC1CC2C3CCC(C3)C2NN1. The van der Waals surface area contributed by atoms with E-state index in [1.54, 1.807) is 0 Å². The zero-order chi connectivity index (χ0) is 11.1. The monoisotopic (exact) mass is 222 g/mol. The van der Waals surface area contributed by atoms with Gasteiger partial charge in [0.2, 0.25) is 0 Å². The molecule has 2 saturated carbocycles. The van der Waals surface area contributed by atoms with Gasteiger partial charge in [0.1, 0.15) is 0 Å². The fourth-order valence-electron chi connectivity index (χ4n) is 4.30. The van der Waals surface area contributed by atoms with Crippen molar-refractivity contribution in [1.29, 1.82) is 0 Å². The van der Waals surface area contributed by atoms with E-state index in [9.17, 15) is 0 Å². The standard InChI is InChI=1S/C14H26N2/c1-9(2)3-6-12-8-13-10-4-5-11(7-10)14(13)16-15-12/h9-16H,3-8H2,1-2H3. The van der Waals surface area contributed by atoms with Crippen LogP contribution in [0.2, 0.25) is 0 Å². The van der Waals surface area contributed by atoms with Crippen LogP contribution in [-0.2, 0) is 0 Å². The Hall–Kier alpha value is -0.0800. The summed E-state index contributed by atoms with van der Waals surface area (Å²) in [5, 5.41) is 0. The molecule has 2 aliphatic carbocycles. The van der Waals surface area contributed by atoms with Gasteiger partial charge in [0, 0.05) is 12.1 Å². The van der Waals surface area contributed by atoms with E-state index < -0.39 is 0 Å².